The summed E-state index contributed by atoms with van der Waals surface area (Å²) >= 11 is 0. The summed E-state index contributed by atoms with van der Waals surface area (Å²) in [6, 6.07) is 38.2. The summed E-state index contributed by atoms with van der Waals surface area (Å²) in [5.41, 5.74) is -5.32. The van der Waals surface area contributed by atoms with Crippen molar-refractivity contribution in [3.05, 3.63) is 119 Å². The lowest BCUT2D eigenvalue weighted by Gasteiger charge is -2.44. The molecule has 1 saturated heterocycles. The molecule has 5 heteroatoms. The van der Waals surface area contributed by atoms with Crippen molar-refractivity contribution in [3.8, 4) is 24.3 Å². The van der Waals surface area contributed by atoms with Gasteiger partial charge in [-0.05, 0) is 45.2 Å². The Kier molecular flexibility index (Phi) is 4.01. The summed E-state index contributed by atoms with van der Waals surface area (Å²) in [5, 5.41) is 44.6. The van der Waals surface area contributed by atoms with Gasteiger partial charge in [-0.3, -0.25) is 0 Å². The van der Waals surface area contributed by atoms with E-state index in [1.54, 1.807) is 48.5 Å². The van der Waals surface area contributed by atoms with E-state index in [1.165, 1.54) is 0 Å². The molecule has 0 radical (unpaired) electrons. The number of hydrogen-bond acceptors (Lipinski definition) is 5. The lowest BCUT2D eigenvalue weighted by Crippen LogP contribution is -2.55. The first-order chi connectivity index (χ1) is 17.1. The van der Waals surface area contributed by atoms with Gasteiger partial charge in [0.05, 0.1) is 24.3 Å². The van der Waals surface area contributed by atoms with Gasteiger partial charge in [-0.25, -0.2) is 0 Å². The molecule has 0 aromatic heterocycles. The second kappa shape index (κ2) is 6.79. The highest BCUT2D eigenvalue weighted by Crippen LogP contribution is 2.78. The van der Waals surface area contributed by atoms with E-state index >= 15 is 0 Å². The Morgan fingerprint density at radius 2 is 0.829 bits per heavy atom. The van der Waals surface area contributed by atoms with E-state index in [9.17, 15) is 21.0 Å². The maximum absolute atomic E-state index is 10.7. The molecule has 35 heavy (non-hydrogen) atoms. The standard InChI is InChI=1S/C30H16N4O/c31-17-27(18-32)28(19-33,20-34)30(24-13-5-2-6-14-24)26-16-22-10-8-7-9-21(22)15-25(26)29(27,35-30)23-11-3-1-4-12-23/h1-16H/t29-,30-/m0/s1. The van der Waals surface area contributed by atoms with Gasteiger partial charge < -0.3 is 4.74 Å². The molecule has 0 spiro atoms. The largest absolute Gasteiger partial charge is 0.344 e. The predicted octanol–water partition coefficient (Wildman–Crippen LogP) is 5.44. The summed E-state index contributed by atoms with van der Waals surface area (Å²) in [6.45, 7) is 0. The second-order valence-corrected chi connectivity index (χ2v) is 8.89. The van der Waals surface area contributed by atoms with Crippen molar-refractivity contribution >= 4 is 10.8 Å². The van der Waals surface area contributed by atoms with Crippen LogP contribution in [0.2, 0.25) is 0 Å². The third kappa shape index (κ3) is 2.00. The molecule has 2 heterocycles. The van der Waals surface area contributed by atoms with E-state index in [-0.39, 0.29) is 0 Å². The average Bonchev–Trinajstić information content (AvgIpc) is 3.37. The fourth-order valence-electron chi connectivity index (χ4n) is 6.16. The Morgan fingerprint density at radius 3 is 1.17 bits per heavy atom. The molecule has 2 atom stereocenters. The molecule has 0 amide bonds. The fraction of sp³-hybridized carbons (Fsp3) is 0.133. The maximum Gasteiger partial charge on any atom is 0.215 e. The van der Waals surface area contributed by atoms with Crippen LogP contribution in [-0.2, 0) is 15.9 Å². The minimum atomic E-state index is -2.16. The molecule has 5 nitrogen and oxygen atoms in total. The fourth-order valence-corrected chi connectivity index (χ4v) is 6.16. The normalized spacial score (nSPS) is 24.5. The lowest BCUT2D eigenvalue weighted by atomic mass is 9.46. The van der Waals surface area contributed by atoms with Crippen molar-refractivity contribution in [2.45, 2.75) is 11.2 Å². The van der Waals surface area contributed by atoms with E-state index in [2.05, 4.69) is 24.3 Å². The molecular formula is C30H16N4O. The Hall–Kier alpha value is -4.94. The lowest BCUT2D eigenvalue weighted by molar-refractivity contribution is -0.0607. The van der Waals surface area contributed by atoms with Crippen LogP contribution >= 0.6 is 0 Å². The Morgan fingerprint density at radius 1 is 0.486 bits per heavy atom. The molecule has 0 aliphatic carbocycles. The molecular weight excluding hydrogens is 432 g/mol. The van der Waals surface area contributed by atoms with Crippen LogP contribution in [-0.4, -0.2) is 0 Å². The molecule has 1 fully saturated rings. The minimum absolute atomic E-state index is 0.546. The number of fused-ring (bicyclic) bond motifs is 6. The Bertz CT molecular complexity index is 1530. The van der Waals surface area contributed by atoms with Gasteiger partial charge in [0.15, 0.2) is 11.2 Å². The Balaban J connectivity index is 1.92. The summed E-state index contributed by atoms with van der Waals surface area (Å²) in [5.74, 6) is 0. The molecule has 0 N–H and O–H groups in total. The zero-order valence-electron chi connectivity index (χ0n) is 18.4. The van der Waals surface area contributed by atoms with Gasteiger partial charge in [0, 0.05) is 0 Å². The maximum atomic E-state index is 10.7. The number of nitrogens with zero attached hydrogens (tertiary/aromatic N) is 4. The van der Waals surface area contributed by atoms with E-state index in [0.29, 0.717) is 22.3 Å². The van der Waals surface area contributed by atoms with E-state index in [0.717, 1.165) is 10.8 Å². The van der Waals surface area contributed by atoms with Crippen LogP contribution in [0.4, 0.5) is 0 Å². The van der Waals surface area contributed by atoms with Crippen LogP contribution in [0.15, 0.2) is 97.1 Å². The van der Waals surface area contributed by atoms with Gasteiger partial charge in [0.25, 0.3) is 0 Å². The molecule has 0 saturated carbocycles. The highest BCUT2D eigenvalue weighted by Gasteiger charge is 2.88. The summed E-state index contributed by atoms with van der Waals surface area (Å²) in [6.07, 6.45) is 0. The topological polar surface area (TPSA) is 104 Å². The van der Waals surface area contributed by atoms with E-state index < -0.39 is 22.0 Å². The third-order valence-electron chi connectivity index (χ3n) is 7.60. The SMILES string of the molecule is N#CC1(C#N)C(C#N)(C#N)[C@@]2(c3ccccc3)O[C@@]1(c1ccccc1)c1cc3ccccc3cc12. The monoisotopic (exact) mass is 448 g/mol. The molecule has 2 bridgehead atoms. The van der Waals surface area contributed by atoms with Gasteiger partial charge in [0.2, 0.25) is 10.8 Å². The zero-order valence-corrected chi connectivity index (χ0v) is 18.4. The molecule has 2 aliphatic rings. The highest BCUT2D eigenvalue weighted by atomic mass is 16.5. The van der Waals surface area contributed by atoms with Crippen molar-refractivity contribution in [1.82, 2.24) is 0 Å². The summed E-state index contributed by atoms with van der Waals surface area (Å²) in [7, 11) is 0. The first-order valence-electron chi connectivity index (χ1n) is 11.1. The predicted molar refractivity (Wildman–Crippen MR) is 127 cm³/mol. The highest BCUT2D eigenvalue weighted by molar-refractivity contribution is 5.87. The van der Waals surface area contributed by atoms with Crippen molar-refractivity contribution in [2.75, 3.05) is 0 Å². The van der Waals surface area contributed by atoms with Crippen molar-refractivity contribution in [2.24, 2.45) is 10.8 Å². The van der Waals surface area contributed by atoms with Crippen LogP contribution in [0.1, 0.15) is 22.3 Å². The smallest absolute Gasteiger partial charge is 0.215 e. The van der Waals surface area contributed by atoms with E-state index in [1.807, 2.05) is 48.5 Å². The van der Waals surface area contributed by atoms with Gasteiger partial charge in [-0.2, -0.15) is 21.0 Å². The van der Waals surface area contributed by atoms with E-state index in [4.69, 9.17) is 4.74 Å². The van der Waals surface area contributed by atoms with Crippen molar-refractivity contribution in [1.29, 1.82) is 21.0 Å². The molecule has 0 unspecified atom stereocenters. The number of rotatable bonds is 2. The van der Waals surface area contributed by atoms with Gasteiger partial charge in [-0.1, -0.05) is 84.9 Å². The summed E-state index contributed by atoms with van der Waals surface area (Å²) in [4.78, 5) is 0. The zero-order chi connectivity index (χ0) is 24.3. The van der Waals surface area contributed by atoms with Crippen LogP contribution < -0.4 is 0 Å². The first-order valence-corrected chi connectivity index (χ1v) is 11.1. The summed E-state index contributed by atoms with van der Waals surface area (Å²) < 4.78 is 6.97. The van der Waals surface area contributed by atoms with Gasteiger partial charge in [-0.15, -0.1) is 0 Å². The Labute approximate surface area is 202 Å². The van der Waals surface area contributed by atoms with Crippen LogP contribution in [0.25, 0.3) is 10.8 Å². The number of nitriles is 4. The average molecular weight is 448 g/mol. The number of ether oxygens (including phenoxy) is 1. The molecule has 4 aromatic carbocycles. The molecule has 4 aromatic rings. The number of hydrogen-bond donors (Lipinski definition) is 0. The molecule has 6 rings (SSSR count). The second-order valence-electron chi connectivity index (χ2n) is 8.89. The van der Waals surface area contributed by atoms with Crippen LogP contribution in [0.5, 0.6) is 0 Å². The minimum Gasteiger partial charge on any atom is -0.344 e. The number of benzene rings is 4. The molecule has 162 valence electrons. The van der Waals surface area contributed by atoms with Gasteiger partial charge in [0.1, 0.15) is 0 Å². The first kappa shape index (κ1) is 20.7. The quantitative estimate of drug-likeness (QED) is 0.406. The third-order valence-corrected chi connectivity index (χ3v) is 7.60. The van der Waals surface area contributed by atoms with Crippen molar-refractivity contribution in [3.63, 3.8) is 0 Å². The van der Waals surface area contributed by atoms with Crippen molar-refractivity contribution < 1.29 is 4.74 Å². The molecule has 2 aliphatic heterocycles. The van der Waals surface area contributed by atoms with Crippen LogP contribution in [0.3, 0.4) is 0 Å². The van der Waals surface area contributed by atoms with Gasteiger partial charge >= 0.3 is 0 Å². The van der Waals surface area contributed by atoms with Crippen LogP contribution in [0, 0.1) is 56.2 Å².